The number of nitrogens with zero attached hydrogens (tertiary/aromatic N) is 2. The molecule has 8 heteroatoms. The van der Waals surface area contributed by atoms with Crippen molar-refractivity contribution in [1.82, 2.24) is 9.80 Å². The van der Waals surface area contributed by atoms with Gasteiger partial charge in [-0.15, -0.1) is 0 Å². The highest BCUT2D eigenvalue weighted by Gasteiger charge is 2.23. The van der Waals surface area contributed by atoms with Crippen LogP contribution in [0.5, 0.6) is 0 Å². The van der Waals surface area contributed by atoms with Crippen LogP contribution >= 0.6 is 15.9 Å². The maximum atomic E-state index is 13.9. The number of rotatable bonds is 2. The lowest BCUT2D eigenvalue weighted by atomic mass is 10.2. The highest BCUT2D eigenvalue weighted by Crippen LogP contribution is 2.20. The van der Waals surface area contributed by atoms with Crippen molar-refractivity contribution in [3.63, 3.8) is 0 Å². The molecule has 3 amide bonds. The molecular weight excluding hydrogens is 420 g/mol. The number of benzene rings is 2. The fourth-order valence-corrected chi connectivity index (χ4v) is 3.22. The number of amides is 3. The van der Waals surface area contributed by atoms with Gasteiger partial charge in [-0.2, -0.15) is 0 Å². The fourth-order valence-electron chi connectivity index (χ4n) is 2.88. The van der Waals surface area contributed by atoms with Crippen molar-refractivity contribution in [3.05, 3.63) is 64.1 Å². The summed E-state index contributed by atoms with van der Waals surface area (Å²) in [6.45, 7) is 1.63. The molecule has 2 aromatic rings. The summed E-state index contributed by atoms with van der Waals surface area (Å²) in [5, 5.41) is 2.56. The monoisotopic (exact) mass is 437 g/mol. The van der Waals surface area contributed by atoms with E-state index in [9.17, 15) is 18.4 Å². The fraction of sp³-hybridized carbons (Fsp3) is 0.263. The van der Waals surface area contributed by atoms with Crippen molar-refractivity contribution in [3.8, 4) is 0 Å². The first kappa shape index (κ1) is 19.3. The van der Waals surface area contributed by atoms with E-state index in [0.717, 1.165) is 0 Å². The Balaban J connectivity index is 1.61. The van der Waals surface area contributed by atoms with Crippen LogP contribution in [-0.2, 0) is 0 Å². The second kappa shape index (κ2) is 8.47. The SMILES string of the molecule is O=C(Nc1ccc(Br)cc1F)N1CCCN(C(=O)c2ccc(F)cc2)CC1. The zero-order valence-corrected chi connectivity index (χ0v) is 16.0. The van der Waals surface area contributed by atoms with Gasteiger partial charge >= 0.3 is 6.03 Å². The molecule has 5 nitrogen and oxygen atoms in total. The molecule has 1 saturated heterocycles. The average molecular weight is 438 g/mol. The Bertz CT molecular complexity index is 845. The first-order valence-corrected chi connectivity index (χ1v) is 9.29. The van der Waals surface area contributed by atoms with Gasteiger partial charge in [0.15, 0.2) is 0 Å². The van der Waals surface area contributed by atoms with E-state index in [-0.39, 0.29) is 11.6 Å². The van der Waals surface area contributed by atoms with E-state index >= 15 is 0 Å². The Morgan fingerprint density at radius 2 is 1.59 bits per heavy atom. The summed E-state index contributed by atoms with van der Waals surface area (Å²) in [5.74, 6) is -1.12. The Morgan fingerprint density at radius 3 is 2.30 bits per heavy atom. The molecule has 1 N–H and O–H groups in total. The molecule has 0 atom stereocenters. The number of anilines is 1. The summed E-state index contributed by atoms with van der Waals surface area (Å²) in [6.07, 6.45) is 0.600. The first-order valence-electron chi connectivity index (χ1n) is 8.50. The maximum absolute atomic E-state index is 13.9. The predicted molar refractivity (Wildman–Crippen MR) is 102 cm³/mol. The molecule has 142 valence electrons. The van der Waals surface area contributed by atoms with Gasteiger partial charge in [-0.3, -0.25) is 4.79 Å². The molecule has 1 heterocycles. The Morgan fingerprint density at radius 1 is 0.926 bits per heavy atom. The molecule has 27 heavy (non-hydrogen) atoms. The van der Waals surface area contributed by atoms with Crippen LogP contribution < -0.4 is 5.32 Å². The van der Waals surface area contributed by atoms with Crippen molar-refractivity contribution < 1.29 is 18.4 Å². The third-order valence-electron chi connectivity index (χ3n) is 4.33. The molecule has 2 aromatic carbocycles. The molecule has 0 radical (unpaired) electrons. The minimum absolute atomic E-state index is 0.103. The van der Waals surface area contributed by atoms with Gasteiger partial charge in [-0.25, -0.2) is 13.6 Å². The second-order valence-electron chi connectivity index (χ2n) is 6.19. The third kappa shape index (κ3) is 4.82. The molecule has 3 rings (SSSR count). The number of hydrogen-bond donors (Lipinski definition) is 1. The molecule has 0 spiro atoms. The molecule has 1 aliphatic rings. The topological polar surface area (TPSA) is 52.7 Å². The van der Waals surface area contributed by atoms with Crippen LogP contribution in [0.25, 0.3) is 0 Å². The van der Waals surface area contributed by atoms with E-state index in [2.05, 4.69) is 21.2 Å². The highest BCUT2D eigenvalue weighted by atomic mass is 79.9. The molecule has 0 bridgehead atoms. The van der Waals surface area contributed by atoms with Crippen LogP contribution in [0.3, 0.4) is 0 Å². The van der Waals surface area contributed by atoms with Crippen LogP contribution in [0.4, 0.5) is 19.3 Å². The summed E-state index contributed by atoms with van der Waals surface area (Å²) in [6, 6.07) is 9.39. The highest BCUT2D eigenvalue weighted by molar-refractivity contribution is 9.10. The van der Waals surface area contributed by atoms with Crippen molar-refractivity contribution in [1.29, 1.82) is 0 Å². The number of urea groups is 1. The Labute approximate surface area is 164 Å². The van der Waals surface area contributed by atoms with Crippen LogP contribution in [0, 0.1) is 11.6 Å². The minimum atomic E-state index is -0.527. The maximum Gasteiger partial charge on any atom is 0.321 e. The van der Waals surface area contributed by atoms with Crippen molar-refractivity contribution in [2.45, 2.75) is 6.42 Å². The van der Waals surface area contributed by atoms with Crippen LogP contribution in [0.2, 0.25) is 0 Å². The predicted octanol–water partition coefficient (Wildman–Crippen LogP) is 4.11. The molecule has 0 aromatic heterocycles. The second-order valence-corrected chi connectivity index (χ2v) is 7.11. The van der Waals surface area contributed by atoms with E-state index in [0.29, 0.717) is 42.6 Å². The number of nitrogens with one attached hydrogen (secondary N) is 1. The quantitative estimate of drug-likeness (QED) is 0.768. The number of carbonyl (C=O) groups is 2. The summed E-state index contributed by atoms with van der Waals surface area (Å²) >= 11 is 3.17. The van der Waals surface area contributed by atoms with Gasteiger partial charge in [0.05, 0.1) is 5.69 Å². The van der Waals surface area contributed by atoms with Gasteiger partial charge in [0.2, 0.25) is 0 Å². The Kier molecular flexibility index (Phi) is 6.05. The lowest BCUT2D eigenvalue weighted by Gasteiger charge is -2.22. The van der Waals surface area contributed by atoms with E-state index < -0.39 is 17.7 Å². The lowest BCUT2D eigenvalue weighted by molar-refractivity contribution is 0.0762. The lowest BCUT2D eigenvalue weighted by Crippen LogP contribution is -2.39. The van der Waals surface area contributed by atoms with Crippen molar-refractivity contribution in [2.24, 2.45) is 0 Å². The zero-order chi connectivity index (χ0) is 19.4. The Hall–Kier alpha value is -2.48. The smallest absolute Gasteiger partial charge is 0.321 e. The number of halogens is 3. The van der Waals surface area contributed by atoms with Crippen LogP contribution in [0.1, 0.15) is 16.8 Å². The van der Waals surface area contributed by atoms with Crippen molar-refractivity contribution in [2.75, 3.05) is 31.5 Å². The molecule has 0 aliphatic carbocycles. The van der Waals surface area contributed by atoms with E-state index in [1.807, 2.05) is 0 Å². The van der Waals surface area contributed by atoms with Gasteiger partial charge in [0.25, 0.3) is 5.91 Å². The van der Waals surface area contributed by atoms with Gasteiger partial charge < -0.3 is 15.1 Å². The largest absolute Gasteiger partial charge is 0.337 e. The summed E-state index contributed by atoms with van der Waals surface area (Å²) in [4.78, 5) is 28.2. The molecular formula is C19H18BrF2N3O2. The van der Waals surface area contributed by atoms with Gasteiger partial charge in [-0.05, 0) is 48.9 Å². The van der Waals surface area contributed by atoms with Crippen molar-refractivity contribution >= 4 is 33.6 Å². The van der Waals surface area contributed by atoms with Gasteiger partial charge in [0.1, 0.15) is 11.6 Å². The number of hydrogen-bond acceptors (Lipinski definition) is 2. The average Bonchev–Trinajstić information content (AvgIpc) is 2.90. The summed E-state index contributed by atoms with van der Waals surface area (Å²) in [7, 11) is 0. The molecule has 1 aliphatic heterocycles. The van der Waals surface area contributed by atoms with Gasteiger partial charge in [-0.1, -0.05) is 15.9 Å². The molecule has 1 fully saturated rings. The van der Waals surface area contributed by atoms with Crippen LogP contribution in [0.15, 0.2) is 46.9 Å². The van der Waals surface area contributed by atoms with Gasteiger partial charge in [0, 0.05) is 36.2 Å². The molecule has 0 unspecified atom stereocenters. The standard InChI is InChI=1S/C19H18BrF2N3O2/c20-14-4-7-17(16(22)12-14)23-19(27)25-9-1-8-24(10-11-25)18(26)13-2-5-15(21)6-3-13/h2-7,12H,1,8-11H2,(H,23,27). The third-order valence-corrected chi connectivity index (χ3v) is 4.83. The zero-order valence-electron chi connectivity index (χ0n) is 14.4. The summed E-state index contributed by atoms with van der Waals surface area (Å²) in [5.41, 5.74) is 0.512. The van der Waals surface area contributed by atoms with E-state index in [4.69, 9.17) is 0 Å². The number of carbonyl (C=O) groups excluding carboxylic acids is 2. The van der Waals surface area contributed by atoms with E-state index in [1.165, 1.54) is 36.4 Å². The summed E-state index contributed by atoms with van der Waals surface area (Å²) < 4.78 is 27.5. The van der Waals surface area contributed by atoms with Crippen LogP contribution in [-0.4, -0.2) is 47.9 Å². The van der Waals surface area contributed by atoms with E-state index in [1.54, 1.807) is 15.9 Å². The molecule has 0 saturated carbocycles. The minimum Gasteiger partial charge on any atom is -0.337 e. The normalized spacial score (nSPS) is 14.6. The first-order chi connectivity index (χ1) is 12.9.